The molecule has 11 heteroatoms. The summed E-state index contributed by atoms with van der Waals surface area (Å²) in [5, 5.41) is 8.47. The minimum absolute atomic E-state index is 0.124. The van der Waals surface area contributed by atoms with Crippen LogP contribution in [0.4, 0.5) is 19.0 Å². The Kier molecular flexibility index (Phi) is 7.79. The van der Waals surface area contributed by atoms with Crippen molar-refractivity contribution in [3.8, 4) is 0 Å². The van der Waals surface area contributed by atoms with Crippen molar-refractivity contribution < 1.29 is 18.0 Å². The summed E-state index contributed by atoms with van der Waals surface area (Å²) in [5.41, 5.74) is 0.594. The fraction of sp³-hybridized carbons (Fsp3) is 0.250. The molecular formula is C20H18ClF3N4OS2. The lowest BCUT2D eigenvalue weighted by atomic mass is 10.2. The van der Waals surface area contributed by atoms with Gasteiger partial charge >= 0.3 is 6.18 Å². The number of thioether (sulfide) groups is 1. The lowest BCUT2D eigenvalue weighted by Gasteiger charge is -2.12. The van der Waals surface area contributed by atoms with Crippen molar-refractivity contribution in [2.45, 2.75) is 23.7 Å². The first-order valence-corrected chi connectivity index (χ1v) is 11.4. The first-order valence-electron chi connectivity index (χ1n) is 9.11. The Bertz CT molecular complexity index is 1060. The van der Waals surface area contributed by atoms with E-state index in [1.54, 1.807) is 23.5 Å². The normalized spacial score (nSPS) is 11.4. The van der Waals surface area contributed by atoms with Gasteiger partial charge in [-0.2, -0.15) is 13.2 Å². The highest BCUT2D eigenvalue weighted by Gasteiger charge is 2.31. The second-order valence-electron chi connectivity index (χ2n) is 6.38. The van der Waals surface area contributed by atoms with E-state index in [4.69, 9.17) is 11.6 Å². The van der Waals surface area contributed by atoms with Gasteiger partial charge in [0.1, 0.15) is 5.82 Å². The molecular weight excluding hydrogens is 469 g/mol. The number of rotatable bonds is 8. The Morgan fingerprint density at radius 3 is 2.71 bits per heavy atom. The molecule has 0 aliphatic rings. The van der Waals surface area contributed by atoms with E-state index in [1.807, 2.05) is 24.4 Å². The summed E-state index contributed by atoms with van der Waals surface area (Å²) in [5.74, 6) is 0.540. The minimum atomic E-state index is -4.51. The highest BCUT2D eigenvalue weighted by Crippen LogP contribution is 2.32. The number of halogens is 4. The first-order chi connectivity index (χ1) is 14.7. The van der Waals surface area contributed by atoms with Gasteiger partial charge in [-0.25, -0.2) is 9.97 Å². The van der Waals surface area contributed by atoms with Crippen LogP contribution in [-0.4, -0.2) is 29.0 Å². The zero-order valence-corrected chi connectivity index (χ0v) is 18.7. The third-order valence-electron chi connectivity index (χ3n) is 4.05. The summed E-state index contributed by atoms with van der Waals surface area (Å²) in [7, 11) is 0. The molecule has 0 aliphatic carbocycles. The first kappa shape index (κ1) is 23.4. The van der Waals surface area contributed by atoms with Crippen LogP contribution in [-0.2, 0) is 11.9 Å². The van der Waals surface area contributed by atoms with E-state index in [-0.39, 0.29) is 29.8 Å². The Morgan fingerprint density at radius 1 is 1.26 bits per heavy atom. The van der Waals surface area contributed by atoms with Gasteiger partial charge in [0.25, 0.3) is 5.91 Å². The molecule has 0 radical (unpaired) electrons. The molecule has 0 saturated carbocycles. The number of aryl methyl sites for hydroxylation is 1. The van der Waals surface area contributed by atoms with E-state index in [9.17, 15) is 18.0 Å². The number of pyridine rings is 1. The number of carbonyl (C=O) groups is 1. The predicted octanol–water partition coefficient (Wildman–Crippen LogP) is 5.65. The molecule has 2 aromatic heterocycles. The number of amides is 1. The van der Waals surface area contributed by atoms with Gasteiger partial charge in [-0.3, -0.25) is 4.79 Å². The van der Waals surface area contributed by atoms with Gasteiger partial charge in [0, 0.05) is 35.3 Å². The van der Waals surface area contributed by atoms with Crippen LogP contribution in [0, 0.1) is 6.92 Å². The Morgan fingerprint density at radius 2 is 2.03 bits per heavy atom. The minimum Gasteiger partial charge on any atom is -0.367 e. The lowest BCUT2D eigenvalue weighted by Crippen LogP contribution is -2.29. The number of nitrogens with zero attached hydrogens (tertiary/aromatic N) is 2. The molecule has 0 spiro atoms. The number of carbonyl (C=O) groups excluding carboxylic acids is 1. The van der Waals surface area contributed by atoms with E-state index in [0.717, 1.165) is 21.7 Å². The molecule has 1 aromatic carbocycles. The Labute approximate surface area is 190 Å². The molecule has 31 heavy (non-hydrogen) atoms. The molecule has 0 fully saturated rings. The number of alkyl halides is 3. The fourth-order valence-corrected chi connectivity index (χ4v) is 4.48. The van der Waals surface area contributed by atoms with Crippen LogP contribution in [0.2, 0.25) is 5.02 Å². The third-order valence-corrected chi connectivity index (χ3v) is 6.26. The van der Waals surface area contributed by atoms with E-state index >= 15 is 0 Å². The molecule has 5 nitrogen and oxygen atoms in total. The molecule has 1 amide bonds. The smallest absolute Gasteiger partial charge is 0.367 e. The van der Waals surface area contributed by atoms with Crippen LogP contribution in [0.25, 0.3) is 0 Å². The number of hydrogen-bond donors (Lipinski definition) is 2. The van der Waals surface area contributed by atoms with Gasteiger partial charge in [0.05, 0.1) is 26.9 Å². The van der Waals surface area contributed by atoms with E-state index < -0.39 is 11.7 Å². The number of thiazole rings is 1. The molecule has 0 aliphatic heterocycles. The highest BCUT2D eigenvalue weighted by molar-refractivity contribution is 7.98. The van der Waals surface area contributed by atoms with Crippen molar-refractivity contribution in [3.63, 3.8) is 0 Å². The van der Waals surface area contributed by atoms with Crippen molar-refractivity contribution in [3.05, 3.63) is 68.8 Å². The Balaban J connectivity index is 1.52. The number of nitrogens with one attached hydrogen (secondary N) is 2. The topological polar surface area (TPSA) is 66.9 Å². The van der Waals surface area contributed by atoms with Crippen molar-refractivity contribution in [2.24, 2.45) is 0 Å². The van der Waals surface area contributed by atoms with Gasteiger partial charge in [-0.15, -0.1) is 23.1 Å². The van der Waals surface area contributed by atoms with E-state index in [0.29, 0.717) is 17.5 Å². The third kappa shape index (κ3) is 6.59. The maximum atomic E-state index is 12.7. The summed E-state index contributed by atoms with van der Waals surface area (Å²) in [6.45, 7) is 2.43. The van der Waals surface area contributed by atoms with E-state index in [2.05, 4.69) is 20.6 Å². The summed E-state index contributed by atoms with van der Waals surface area (Å²) < 4.78 is 38.0. The molecule has 0 atom stereocenters. The fourth-order valence-electron chi connectivity index (χ4n) is 2.58. The molecule has 0 saturated heterocycles. The zero-order valence-electron chi connectivity index (χ0n) is 16.3. The molecule has 2 N–H and O–H groups in total. The maximum Gasteiger partial charge on any atom is 0.417 e. The zero-order chi connectivity index (χ0) is 22.4. The van der Waals surface area contributed by atoms with Crippen LogP contribution in [0.1, 0.15) is 26.6 Å². The lowest BCUT2D eigenvalue weighted by molar-refractivity contribution is -0.137. The summed E-state index contributed by atoms with van der Waals surface area (Å²) >= 11 is 8.98. The molecule has 0 bridgehead atoms. The van der Waals surface area contributed by atoms with Crippen molar-refractivity contribution in [2.75, 3.05) is 18.4 Å². The van der Waals surface area contributed by atoms with E-state index in [1.165, 1.54) is 11.8 Å². The van der Waals surface area contributed by atoms with Gasteiger partial charge < -0.3 is 10.6 Å². The van der Waals surface area contributed by atoms with Crippen molar-refractivity contribution in [1.82, 2.24) is 15.3 Å². The summed E-state index contributed by atoms with van der Waals surface area (Å²) in [4.78, 5) is 21.6. The average Bonchev–Trinajstić information content (AvgIpc) is 3.15. The van der Waals surface area contributed by atoms with Crippen molar-refractivity contribution in [1.29, 1.82) is 0 Å². The van der Waals surface area contributed by atoms with Crippen LogP contribution < -0.4 is 10.6 Å². The summed E-state index contributed by atoms with van der Waals surface area (Å²) in [6, 6.07) is 8.09. The Hall–Kier alpha value is -2.30. The SMILES string of the molecule is Cc1nc(CSc2ccccc2C(=O)NCCNc2ncc(C(F)(F)F)cc2Cl)cs1. The van der Waals surface area contributed by atoms with Crippen LogP contribution in [0.5, 0.6) is 0 Å². The van der Waals surface area contributed by atoms with Gasteiger partial charge in [-0.1, -0.05) is 23.7 Å². The quantitative estimate of drug-likeness (QED) is 0.318. The summed E-state index contributed by atoms with van der Waals surface area (Å²) in [6.07, 6.45) is -3.79. The number of hydrogen-bond acceptors (Lipinski definition) is 6. The average molecular weight is 487 g/mol. The number of aromatic nitrogens is 2. The monoisotopic (exact) mass is 486 g/mol. The number of anilines is 1. The number of benzene rings is 1. The molecule has 3 aromatic rings. The second kappa shape index (κ2) is 10.3. The maximum absolute atomic E-state index is 12.7. The van der Waals surface area contributed by atoms with Crippen molar-refractivity contribution >= 4 is 46.4 Å². The van der Waals surface area contributed by atoms with Crippen LogP contribution in [0.15, 0.2) is 46.8 Å². The molecule has 3 rings (SSSR count). The van der Waals surface area contributed by atoms with Gasteiger partial charge in [0.15, 0.2) is 0 Å². The molecule has 0 unspecified atom stereocenters. The predicted molar refractivity (Wildman–Crippen MR) is 118 cm³/mol. The van der Waals surface area contributed by atoms with Crippen LogP contribution >= 0.6 is 34.7 Å². The molecule has 164 valence electrons. The highest BCUT2D eigenvalue weighted by atomic mass is 35.5. The second-order valence-corrected chi connectivity index (χ2v) is 8.86. The van der Waals surface area contributed by atoms with Gasteiger partial charge in [-0.05, 0) is 25.1 Å². The van der Waals surface area contributed by atoms with Gasteiger partial charge in [0.2, 0.25) is 0 Å². The standard InChI is InChI=1S/C20H18ClF3N4OS2/c1-12-28-14(10-30-12)11-31-17-5-3-2-4-15(17)19(29)26-7-6-25-18-16(21)8-13(9-27-18)20(22,23)24/h2-5,8-10H,6-7,11H2,1H3,(H,25,27)(H,26,29). The molecule has 2 heterocycles. The largest absolute Gasteiger partial charge is 0.417 e. The van der Waals surface area contributed by atoms with Crippen LogP contribution in [0.3, 0.4) is 0 Å².